The zero-order valence-corrected chi connectivity index (χ0v) is 9.83. The predicted octanol–water partition coefficient (Wildman–Crippen LogP) is 1.53. The summed E-state index contributed by atoms with van der Waals surface area (Å²) in [5, 5.41) is 3.30. The van der Waals surface area contributed by atoms with E-state index in [0.29, 0.717) is 18.0 Å². The van der Waals surface area contributed by atoms with Crippen LogP contribution in [0.3, 0.4) is 0 Å². The Bertz CT molecular complexity index is 226. The summed E-state index contributed by atoms with van der Waals surface area (Å²) in [6, 6.07) is 0.972. The van der Waals surface area contributed by atoms with E-state index >= 15 is 0 Å². The van der Waals surface area contributed by atoms with Crippen molar-refractivity contribution in [2.45, 2.75) is 64.1 Å². The second-order valence-electron chi connectivity index (χ2n) is 5.02. The van der Waals surface area contributed by atoms with Crippen LogP contribution in [0.25, 0.3) is 0 Å². The van der Waals surface area contributed by atoms with Crippen LogP contribution < -0.4 is 5.32 Å². The number of rotatable bonds is 1. The van der Waals surface area contributed by atoms with Gasteiger partial charge in [-0.25, -0.2) is 0 Å². The van der Waals surface area contributed by atoms with Crippen LogP contribution in [0.2, 0.25) is 0 Å². The van der Waals surface area contributed by atoms with Crippen LogP contribution in [0.1, 0.15) is 46.0 Å². The van der Waals surface area contributed by atoms with Gasteiger partial charge in [0.2, 0.25) is 5.91 Å². The number of carbonyl (C=O) groups is 1. The number of amides is 1. The Labute approximate surface area is 92.2 Å². The Morgan fingerprint density at radius 2 is 1.80 bits per heavy atom. The van der Waals surface area contributed by atoms with Crippen LogP contribution in [0.5, 0.6) is 0 Å². The molecule has 2 fully saturated rings. The quantitative estimate of drug-likeness (QED) is 0.712. The van der Waals surface area contributed by atoms with Crippen molar-refractivity contribution in [1.29, 1.82) is 0 Å². The zero-order chi connectivity index (χ0) is 10.8. The summed E-state index contributed by atoms with van der Waals surface area (Å²) in [6.07, 6.45) is 5.78. The van der Waals surface area contributed by atoms with Crippen LogP contribution in [0, 0.1) is 0 Å². The van der Waals surface area contributed by atoms with Crippen molar-refractivity contribution in [3.05, 3.63) is 0 Å². The first-order valence-corrected chi connectivity index (χ1v) is 6.25. The highest BCUT2D eigenvalue weighted by atomic mass is 16.2. The van der Waals surface area contributed by atoms with E-state index in [4.69, 9.17) is 0 Å². The molecular weight excluding hydrogens is 188 g/mol. The van der Waals surface area contributed by atoms with E-state index < -0.39 is 0 Å². The first kappa shape index (κ1) is 10.9. The molecular formula is C12H22N2O. The van der Waals surface area contributed by atoms with Crippen molar-refractivity contribution in [3.63, 3.8) is 0 Å². The predicted molar refractivity (Wildman–Crippen MR) is 60.6 cm³/mol. The van der Waals surface area contributed by atoms with Crippen molar-refractivity contribution >= 4 is 5.91 Å². The fraction of sp³-hybridized carbons (Fsp3) is 0.917. The summed E-state index contributed by atoms with van der Waals surface area (Å²) in [6.45, 7) is 5.37. The number of piperidine rings is 1. The van der Waals surface area contributed by atoms with Crippen molar-refractivity contribution in [2.24, 2.45) is 0 Å². The molecule has 2 rings (SSSR count). The zero-order valence-electron chi connectivity index (χ0n) is 9.83. The van der Waals surface area contributed by atoms with Gasteiger partial charge in [-0.2, -0.15) is 0 Å². The minimum atomic E-state index is 0.105. The van der Waals surface area contributed by atoms with Crippen molar-refractivity contribution < 1.29 is 4.79 Å². The van der Waals surface area contributed by atoms with Gasteiger partial charge in [0.05, 0.1) is 6.04 Å². The maximum atomic E-state index is 12.3. The number of nitrogens with one attached hydrogen (secondary N) is 1. The lowest BCUT2D eigenvalue weighted by molar-refractivity contribution is -0.139. The van der Waals surface area contributed by atoms with E-state index in [-0.39, 0.29) is 6.04 Å². The SMILES string of the molecule is C[C@@H]1CCC[C@H](C)N1C(=O)[C@H]1CCCN1. The van der Waals surface area contributed by atoms with Gasteiger partial charge in [-0.3, -0.25) is 4.79 Å². The number of carbonyl (C=O) groups excluding carboxylic acids is 1. The van der Waals surface area contributed by atoms with E-state index in [1.54, 1.807) is 0 Å². The summed E-state index contributed by atoms with van der Waals surface area (Å²) < 4.78 is 0. The van der Waals surface area contributed by atoms with Gasteiger partial charge >= 0.3 is 0 Å². The van der Waals surface area contributed by atoms with E-state index in [1.807, 2.05) is 0 Å². The van der Waals surface area contributed by atoms with Gasteiger partial charge in [0.15, 0.2) is 0 Å². The van der Waals surface area contributed by atoms with Crippen molar-refractivity contribution in [2.75, 3.05) is 6.54 Å². The molecule has 2 aliphatic rings. The topological polar surface area (TPSA) is 32.3 Å². The van der Waals surface area contributed by atoms with Gasteiger partial charge in [-0.1, -0.05) is 0 Å². The van der Waals surface area contributed by atoms with Gasteiger partial charge < -0.3 is 10.2 Å². The highest BCUT2D eigenvalue weighted by Gasteiger charge is 2.34. The molecule has 2 aliphatic heterocycles. The second kappa shape index (κ2) is 4.52. The van der Waals surface area contributed by atoms with Gasteiger partial charge in [-0.05, 0) is 52.5 Å². The number of hydrogen-bond acceptors (Lipinski definition) is 2. The highest BCUT2D eigenvalue weighted by Crippen LogP contribution is 2.24. The maximum Gasteiger partial charge on any atom is 0.240 e. The second-order valence-corrected chi connectivity index (χ2v) is 5.02. The summed E-state index contributed by atoms with van der Waals surface area (Å²) in [7, 11) is 0. The molecule has 0 saturated carbocycles. The molecule has 0 unspecified atom stereocenters. The maximum absolute atomic E-state index is 12.3. The number of likely N-dealkylation sites (tertiary alicyclic amines) is 1. The average molecular weight is 210 g/mol. The Kier molecular flexibility index (Phi) is 3.29. The first-order valence-electron chi connectivity index (χ1n) is 6.25. The smallest absolute Gasteiger partial charge is 0.240 e. The van der Waals surface area contributed by atoms with Gasteiger partial charge in [-0.15, -0.1) is 0 Å². The third kappa shape index (κ3) is 2.17. The summed E-state index contributed by atoms with van der Waals surface area (Å²) in [5.74, 6) is 0.340. The Hall–Kier alpha value is -0.570. The summed E-state index contributed by atoms with van der Waals surface area (Å²) in [4.78, 5) is 14.4. The monoisotopic (exact) mass is 210 g/mol. The van der Waals surface area contributed by atoms with Crippen molar-refractivity contribution in [1.82, 2.24) is 10.2 Å². The van der Waals surface area contributed by atoms with Crippen LogP contribution in [0.4, 0.5) is 0 Å². The van der Waals surface area contributed by atoms with Gasteiger partial charge in [0.25, 0.3) is 0 Å². The van der Waals surface area contributed by atoms with E-state index in [9.17, 15) is 4.79 Å². The summed E-state index contributed by atoms with van der Waals surface area (Å²) in [5.41, 5.74) is 0. The van der Waals surface area contributed by atoms with Crippen LogP contribution in [0.15, 0.2) is 0 Å². The lowest BCUT2D eigenvalue weighted by Gasteiger charge is -2.40. The molecule has 3 nitrogen and oxygen atoms in total. The standard InChI is InChI=1S/C12H22N2O/c1-9-5-3-6-10(2)14(9)12(15)11-7-4-8-13-11/h9-11,13H,3-8H2,1-2H3/t9-,10+,11-/m1/s1. The third-order valence-electron chi connectivity index (χ3n) is 3.81. The van der Waals surface area contributed by atoms with Gasteiger partial charge in [0.1, 0.15) is 0 Å². The molecule has 1 amide bonds. The number of hydrogen-bond donors (Lipinski definition) is 1. The molecule has 0 aromatic rings. The van der Waals surface area contributed by atoms with Crippen molar-refractivity contribution in [3.8, 4) is 0 Å². The molecule has 0 bridgehead atoms. The van der Waals surface area contributed by atoms with E-state index in [0.717, 1.165) is 19.4 Å². The fourth-order valence-electron chi connectivity index (χ4n) is 2.93. The minimum Gasteiger partial charge on any atom is -0.336 e. The van der Waals surface area contributed by atoms with Gasteiger partial charge in [0, 0.05) is 12.1 Å². The Morgan fingerprint density at radius 1 is 1.13 bits per heavy atom. The Morgan fingerprint density at radius 3 is 2.33 bits per heavy atom. The molecule has 3 heteroatoms. The molecule has 86 valence electrons. The molecule has 2 saturated heterocycles. The summed E-state index contributed by atoms with van der Waals surface area (Å²) >= 11 is 0. The lowest BCUT2D eigenvalue weighted by Crippen LogP contribution is -2.53. The average Bonchev–Trinajstić information content (AvgIpc) is 2.69. The largest absolute Gasteiger partial charge is 0.336 e. The van der Waals surface area contributed by atoms with Crippen LogP contribution in [-0.2, 0) is 4.79 Å². The molecule has 2 heterocycles. The molecule has 0 spiro atoms. The first-order chi connectivity index (χ1) is 7.20. The molecule has 3 atom stereocenters. The molecule has 0 aliphatic carbocycles. The van der Waals surface area contributed by atoms with E-state index in [1.165, 1.54) is 19.3 Å². The molecule has 0 radical (unpaired) electrons. The molecule has 0 aromatic heterocycles. The third-order valence-corrected chi connectivity index (χ3v) is 3.81. The Balaban J connectivity index is 2.02. The fourth-order valence-corrected chi connectivity index (χ4v) is 2.93. The van der Waals surface area contributed by atoms with Crippen LogP contribution >= 0.6 is 0 Å². The molecule has 0 aromatic carbocycles. The molecule has 15 heavy (non-hydrogen) atoms. The van der Waals surface area contributed by atoms with Crippen LogP contribution in [-0.4, -0.2) is 35.5 Å². The minimum absolute atomic E-state index is 0.105. The normalized spacial score (nSPS) is 36.9. The lowest BCUT2D eigenvalue weighted by atomic mass is 9.96. The number of nitrogens with zero attached hydrogens (tertiary/aromatic N) is 1. The molecule has 1 N–H and O–H groups in total. The van der Waals surface area contributed by atoms with E-state index in [2.05, 4.69) is 24.1 Å². The highest BCUT2D eigenvalue weighted by molar-refractivity contribution is 5.82.